The van der Waals surface area contributed by atoms with Crippen LogP contribution >= 0.6 is 11.6 Å². The van der Waals surface area contributed by atoms with E-state index in [0.29, 0.717) is 18.8 Å². The third-order valence-electron chi connectivity index (χ3n) is 3.91. The summed E-state index contributed by atoms with van der Waals surface area (Å²) < 4.78 is 10.9. The van der Waals surface area contributed by atoms with Gasteiger partial charge in [-0.3, -0.25) is 9.78 Å². The molecule has 0 spiro atoms. The topological polar surface area (TPSA) is 90.4 Å². The molecule has 0 saturated carbocycles. The predicted molar refractivity (Wildman–Crippen MR) is 93.6 cm³/mol. The molecule has 0 aliphatic carbocycles. The zero-order chi connectivity index (χ0) is 18.4. The number of pyridine rings is 2. The molecule has 0 aromatic carbocycles. The first-order chi connectivity index (χ1) is 12.6. The lowest BCUT2D eigenvalue weighted by Crippen LogP contribution is -2.37. The van der Waals surface area contributed by atoms with Crippen molar-refractivity contribution in [2.24, 2.45) is 0 Å². The second-order valence-corrected chi connectivity index (χ2v) is 6.18. The lowest BCUT2D eigenvalue weighted by molar-refractivity contribution is -0.131. The van der Waals surface area contributed by atoms with Gasteiger partial charge in [-0.25, -0.2) is 9.78 Å². The van der Waals surface area contributed by atoms with E-state index in [0.717, 1.165) is 12.8 Å². The first-order valence-electron chi connectivity index (χ1n) is 8.26. The molecule has 3 rings (SSSR count). The van der Waals surface area contributed by atoms with Crippen LogP contribution in [0.3, 0.4) is 0 Å². The SMILES string of the molecule is O=C(OC(C(=O)NCC1CCCO1)c1ccccn1)c1ccc(Cl)nc1. The Balaban J connectivity index is 1.71. The average Bonchev–Trinajstić information content (AvgIpc) is 3.19. The number of amides is 1. The van der Waals surface area contributed by atoms with E-state index in [-0.39, 0.29) is 16.8 Å². The van der Waals surface area contributed by atoms with Gasteiger partial charge in [-0.2, -0.15) is 0 Å². The van der Waals surface area contributed by atoms with E-state index in [4.69, 9.17) is 21.1 Å². The molecule has 26 heavy (non-hydrogen) atoms. The summed E-state index contributed by atoms with van der Waals surface area (Å²) in [7, 11) is 0. The van der Waals surface area contributed by atoms with Crippen molar-refractivity contribution in [2.45, 2.75) is 25.0 Å². The molecule has 1 amide bonds. The summed E-state index contributed by atoms with van der Waals surface area (Å²) in [5, 5.41) is 3.03. The highest BCUT2D eigenvalue weighted by Crippen LogP contribution is 2.19. The fraction of sp³-hybridized carbons (Fsp3) is 0.333. The van der Waals surface area contributed by atoms with Crippen molar-refractivity contribution in [3.63, 3.8) is 0 Å². The molecule has 2 aromatic heterocycles. The molecule has 7 nitrogen and oxygen atoms in total. The fourth-order valence-corrected chi connectivity index (χ4v) is 2.68. The Bertz CT molecular complexity index is 749. The number of esters is 1. The van der Waals surface area contributed by atoms with Gasteiger partial charge < -0.3 is 14.8 Å². The first kappa shape index (κ1) is 18.3. The van der Waals surface area contributed by atoms with Crippen molar-refractivity contribution in [3.8, 4) is 0 Å². The van der Waals surface area contributed by atoms with Gasteiger partial charge in [-0.15, -0.1) is 0 Å². The second-order valence-electron chi connectivity index (χ2n) is 5.79. The molecule has 0 radical (unpaired) electrons. The summed E-state index contributed by atoms with van der Waals surface area (Å²) in [6, 6.07) is 8.03. The number of ether oxygens (including phenoxy) is 2. The van der Waals surface area contributed by atoms with Crippen LogP contribution in [0.1, 0.15) is 35.0 Å². The number of hydrogen-bond acceptors (Lipinski definition) is 6. The molecule has 2 atom stereocenters. The van der Waals surface area contributed by atoms with E-state index in [1.165, 1.54) is 24.5 Å². The molecular weight excluding hydrogens is 358 g/mol. The monoisotopic (exact) mass is 375 g/mol. The molecule has 0 bridgehead atoms. The normalized spacial score (nSPS) is 17.5. The van der Waals surface area contributed by atoms with Crippen LogP contribution in [0.2, 0.25) is 5.15 Å². The maximum atomic E-state index is 12.6. The van der Waals surface area contributed by atoms with Crippen molar-refractivity contribution in [2.75, 3.05) is 13.2 Å². The van der Waals surface area contributed by atoms with Crippen LogP contribution in [0.4, 0.5) is 0 Å². The third-order valence-corrected chi connectivity index (χ3v) is 4.13. The van der Waals surface area contributed by atoms with E-state index in [9.17, 15) is 9.59 Å². The average molecular weight is 376 g/mol. The van der Waals surface area contributed by atoms with Crippen molar-refractivity contribution in [3.05, 3.63) is 59.1 Å². The molecule has 2 unspecified atom stereocenters. The summed E-state index contributed by atoms with van der Waals surface area (Å²) in [5.41, 5.74) is 0.537. The lowest BCUT2D eigenvalue weighted by Gasteiger charge is -2.18. The Morgan fingerprint density at radius 1 is 1.31 bits per heavy atom. The molecule has 136 valence electrons. The van der Waals surface area contributed by atoms with Gasteiger partial charge in [0.05, 0.1) is 17.4 Å². The summed E-state index contributed by atoms with van der Waals surface area (Å²) in [6.07, 6.45) is 3.52. The largest absolute Gasteiger partial charge is 0.442 e. The van der Waals surface area contributed by atoms with Crippen LogP contribution in [0, 0.1) is 0 Å². The molecule has 1 N–H and O–H groups in total. The third kappa shape index (κ3) is 4.77. The fourth-order valence-electron chi connectivity index (χ4n) is 2.56. The van der Waals surface area contributed by atoms with Crippen LogP contribution < -0.4 is 5.32 Å². The van der Waals surface area contributed by atoms with E-state index in [2.05, 4.69) is 15.3 Å². The van der Waals surface area contributed by atoms with Gasteiger partial charge >= 0.3 is 5.97 Å². The lowest BCUT2D eigenvalue weighted by atomic mass is 10.2. The maximum Gasteiger partial charge on any atom is 0.340 e. The summed E-state index contributed by atoms with van der Waals surface area (Å²) in [5.74, 6) is -1.13. The van der Waals surface area contributed by atoms with Crippen LogP contribution in [0.15, 0.2) is 42.7 Å². The zero-order valence-electron chi connectivity index (χ0n) is 13.9. The van der Waals surface area contributed by atoms with Gasteiger partial charge in [0, 0.05) is 25.5 Å². The highest BCUT2D eigenvalue weighted by atomic mass is 35.5. The Morgan fingerprint density at radius 2 is 2.19 bits per heavy atom. The zero-order valence-corrected chi connectivity index (χ0v) is 14.7. The number of hydrogen-bond donors (Lipinski definition) is 1. The number of carbonyl (C=O) groups excluding carboxylic acids is 2. The Kier molecular flexibility index (Phi) is 6.14. The van der Waals surface area contributed by atoms with Gasteiger partial charge in [-0.05, 0) is 37.1 Å². The van der Waals surface area contributed by atoms with Crippen molar-refractivity contribution in [1.82, 2.24) is 15.3 Å². The molecule has 2 aromatic rings. The summed E-state index contributed by atoms with van der Waals surface area (Å²) in [4.78, 5) is 32.9. The van der Waals surface area contributed by atoms with E-state index in [1.807, 2.05) is 0 Å². The van der Waals surface area contributed by atoms with E-state index >= 15 is 0 Å². The molecule has 1 fully saturated rings. The molecule has 1 aliphatic rings. The molecule has 3 heterocycles. The maximum absolute atomic E-state index is 12.6. The van der Waals surface area contributed by atoms with Crippen molar-refractivity contribution >= 4 is 23.5 Å². The standard InChI is InChI=1S/C18H18ClN3O4/c19-15-7-6-12(10-21-15)18(24)26-16(14-5-1-2-8-20-14)17(23)22-11-13-4-3-9-25-13/h1-2,5-8,10,13,16H,3-4,9,11H2,(H,22,23). The van der Waals surface area contributed by atoms with E-state index in [1.54, 1.807) is 18.2 Å². The van der Waals surface area contributed by atoms with Crippen LogP contribution in [-0.4, -0.2) is 41.1 Å². The summed E-state index contributed by atoms with van der Waals surface area (Å²) in [6.45, 7) is 1.06. The highest BCUT2D eigenvalue weighted by Gasteiger charge is 2.28. The number of nitrogens with zero attached hydrogens (tertiary/aromatic N) is 2. The van der Waals surface area contributed by atoms with E-state index < -0.39 is 18.0 Å². The number of aromatic nitrogens is 2. The molecular formula is C18H18ClN3O4. The molecule has 1 saturated heterocycles. The van der Waals surface area contributed by atoms with Gasteiger partial charge in [0.25, 0.3) is 5.91 Å². The quantitative estimate of drug-likeness (QED) is 0.615. The van der Waals surface area contributed by atoms with Gasteiger partial charge in [0.1, 0.15) is 5.15 Å². The number of halogens is 1. The molecule has 8 heteroatoms. The number of nitrogens with one attached hydrogen (secondary N) is 1. The molecule has 1 aliphatic heterocycles. The number of carbonyl (C=O) groups is 2. The minimum atomic E-state index is -1.17. The first-order valence-corrected chi connectivity index (χ1v) is 8.64. The minimum Gasteiger partial charge on any atom is -0.442 e. The van der Waals surface area contributed by atoms with Crippen LogP contribution in [0.25, 0.3) is 0 Å². The van der Waals surface area contributed by atoms with Crippen LogP contribution in [-0.2, 0) is 14.3 Å². The predicted octanol–water partition coefficient (Wildman–Crippen LogP) is 2.32. The van der Waals surface area contributed by atoms with Crippen molar-refractivity contribution < 1.29 is 19.1 Å². The van der Waals surface area contributed by atoms with Crippen LogP contribution in [0.5, 0.6) is 0 Å². The Labute approximate surface area is 155 Å². The Morgan fingerprint density at radius 3 is 2.85 bits per heavy atom. The Hall–Kier alpha value is -2.51. The highest BCUT2D eigenvalue weighted by molar-refractivity contribution is 6.29. The second kappa shape index (κ2) is 8.73. The summed E-state index contributed by atoms with van der Waals surface area (Å²) >= 11 is 5.72. The minimum absolute atomic E-state index is 0.0144. The van der Waals surface area contributed by atoms with Crippen molar-refractivity contribution in [1.29, 1.82) is 0 Å². The number of rotatable bonds is 6. The van der Waals surface area contributed by atoms with Gasteiger partial charge in [0.15, 0.2) is 0 Å². The van der Waals surface area contributed by atoms with Gasteiger partial charge in [-0.1, -0.05) is 17.7 Å². The smallest absolute Gasteiger partial charge is 0.340 e. The van der Waals surface area contributed by atoms with Gasteiger partial charge in [0.2, 0.25) is 6.10 Å².